The highest BCUT2D eigenvalue weighted by Gasteiger charge is 2.29. The molecule has 1 aliphatic heterocycles. The molecular formula is C17H17FN4O4S2. The van der Waals surface area contributed by atoms with Gasteiger partial charge >= 0.3 is 0 Å². The summed E-state index contributed by atoms with van der Waals surface area (Å²) in [4.78, 5) is 4.25. The summed E-state index contributed by atoms with van der Waals surface area (Å²) in [7, 11) is -2.93. The summed E-state index contributed by atoms with van der Waals surface area (Å²) in [5, 5.41) is 12.1. The Labute approximate surface area is 164 Å². The van der Waals surface area contributed by atoms with Crippen molar-refractivity contribution in [2.45, 2.75) is 30.7 Å². The molecule has 0 bridgehead atoms. The Morgan fingerprint density at radius 1 is 1.29 bits per heavy atom. The second-order valence-corrected chi connectivity index (χ2v) is 9.85. The van der Waals surface area contributed by atoms with Crippen LogP contribution in [0.1, 0.15) is 23.8 Å². The van der Waals surface area contributed by atoms with E-state index in [0.717, 1.165) is 0 Å². The van der Waals surface area contributed by atoms with E-state index in [1.165, 1.54) is 17.8 Å². The maximum atomic E-state index is 13.7. The molecule has 2 aromatic heterocycles. The minimum atomic E-state index is -2.93. The van der Waals surface area contributed by atoms with E-state index < -0.39 is 9.84 Å². The number of hydrogen-bond acceptors (Lipinski definition) is 9. The van der Waals surface area contributed by atoms with Crippen molar-refractivity contribution in [3.8, 4) is 11.4 Å². The molecule has 0 amide bonds. The molecule has 28 heavy (non-hydrogen) atoms. The van der Waals surface area contributed by atoms with Crippen molar-refractivity contribution in [1.82, 2.24) is 20.3 Å². The molecule has 0 N–H and O–H groups in total. The van der Waals surface area contributed by atoms with E-state index in [4.69, 9.17) is 8.94 Å². The topological polar surface area (TPSA) is 112 Å². The zero-order valence-electron chi connectivity index (χ0n) is 15.0. The lowest BCUT2D eigenvalue weighted by atomic mass is 10.1. The summed E-state index contributed by atoms with van der Waals surface area (Å²) in [5.41, 5.74) is 1.08. The molecular weight excluding hydrogens is 407 g/mol. The average molecular weight is 424 g/mol. The molecule has 0 radical (unpaired) electrons. The van der Waals surface area contributed by atoms with Crippen LogP contribution in [0.3, 0.4) is 0 Å². The number of thioether (sulfide) groups is 1. The Bertz CT molecular complexity index is 1100. The monoisotopic (exact) mass is 424 g/mol. The standard InChI is InChI=1S/C17H17FN4O4S2/c1-10-2-3-12(7-13(10)18)16-19-15(26-22-16)8-27-17-21-20-14(25-17)6-11-4-5-28(23,24)9-11/h2-3,7,11H,4-6,8-9H2,1H3. The van der Waals surface area contributed by atoms with E-state index in [1.54, 1.807) is 19.1 Å². The van der Waals surface area contributed by atoms with Crippen LogP contribution in [0.25, 0.3) is 11.4 Å². The molecule has 1 aromatic carbocycles. The summed E-state index contributed by atoms with van der Waals surface area (Å²) in [5.74, 6) is 1.49. The van der Waals surface area contributed by atoms with Crippen LogP contribution in [0.15, 0.2) is 32.4 Å². The van der Waals surface area contributed by atoms with Gasteiger partial charge in [0.15, 0.2) is 9.84 Å². The van der Waals surface area contributed by atoms with Gasteiger partial charge in [0, 0.05) is 12.0 Å². The lowest BCUT2D eigenvalue weighted by Gasteiger charge is -2.01. The van der Waals surface area contributed by atoms with Gasteiger partial charge in [0.05, 0.1) is 17.3 Å². The van der Waals surface area contributed by atoms with E-state index in [2.05, 4.69) is 20.3 Å². The highest BCUT2D eigenvalue weighted by Crippen LogP contribution is 2.26. The van der Waals surface area contributed by atoms with Gasteiger partial charge in [0.25, 0.3) is 5.22 Å². The van der Waals surface area contributed by atoms with Gasteiger partial charge in [0.2, 0.25) is 17.6 Å². The third-order valence-corrected chi connectivity index (χ3v) is 7.10. The van der Waals surface area contributed by atoms with Crippen LogP contribution in [0.2, 0.25) is 0 Å². The first kappa shape index (κ1) is 19.1. The molecule has 1 aliphatic rings. The molecule has 3 heterocycles. The van der Waals surface area contributed by atoms with E-state index >= 15 is 0 Å². The van der Waals surface area contributed by atoms with Crippen LogP contribution in [0, 0.1) is 18.7 Å². The molecule has 1 fully saturated rings. The number of aryl methyl sites for hydroxylation is 1. The zero-order chi connectivity index (χ0) is 19.7. The van der Waals surface area contributed by atoms with Crippen LogP contribution in [-0.4, -0.2) is 40.3 Å². The van der Waals surface area contributed by atoms with Crippen molar-refractivity contribution >= 4 is 21.6 Å². The van der Waals surface area contributed by atoms with Crippen molar-refractivity contribution in [3.05, 3.63) is 41.4 Å². The predicted molar refractivity (Wildman–Crippen MR) is 98.8 cm³/mol. The fourth-order valence-electron chi connectivity index (χ4n) is 2.95. The molecule has 0 aliphatic carbocycles. The van der Waals surface area contributed by atoms with Crippen molar-refractivity contribution in [1.29, 1.82) is 0 Å². The fourth-order valence-corrected chi connectivity index (χ4v) is 5.42. The van der Waals surface area contributed by atoms with Gasteiger partial charge in [0.1, 0.15) is 5.82 Å². The number of halogens is 1. The van der Waals surface area contributed by atoms with Crippen LogP contribution in [0.5, 0.6) is 0 Å². The predicted octanol–water partition coefficient (Wildman–Crippen LogP) is 2.84. The molecule has 148 valence electrons. The smallest absolute Gasteiger partial charge is 0.277 e. The lowest BCUT2D eigenvalue weighted by molar-refractivity contribution is 0.383. The second kappa shape index (κ2) is 7.63. The number of benzene rings is 1. The van der Waals surface area contributed by atoms with Gasteiger partial charge in [-0.25, -0.2) is 12.8 Å². The summed E-state index contributed by atoms with van der Waals surface area (Å²) in [6.07, 6.45) is 1.08. The molecule has 3 aromatic rings. The molecule has 1 atom stereocenters. The Morgan fingerprint density at radius 3 is 2.89 bits per heavy atom. The highest BCUT2D eigenvalue weighted by atomic mass is 32.2. The Hall–Kier alpha value is -2.27. The van der Waals surface area contributed by atoms with E-state index in [-0.39, 0.29) is 23.2 Å². The maximum absolute atomic E-state index is 13.7. The summed E-state index contributed by atoms with van der Waals surface area (Å²) < 4.78 is 47.5. The quantitative estimate of drug-likeness (QED) is 0.551. The Balaban J connectivity index is 1.35. The SMILES string of the molecule is Cc1ccc(-c2noc(CSc3nnc(CC4CCS(=O)(=O)C4)o3)n2)cc1F. The van der Waals surface area contributed by atoms with Gasteiger partial charge in [-0.15, -0.1) is 10.2 Å². The van der Waals surface area contributed by atoms with E-state index in [9.17, 15) is 12.8 Å². The highest BCUT2D eigenvalue weighted by molar-refractivity contribution is 7.98. The van der Waals surface area contributed by atoms with Crippen molar-refractivity contribution in [2.75, 3.05) is 11.5 Å². The van der Waals surface area contributed by atoms with Gasteiger partial charge in [-0.2, -0.15) is 4.98 Å². The minimum absolute atomic E-state index is 0.0247. The first-order valence-corrected chi connectivity index (χ1v) is 11.4. The van der Waals surface area contributed by atoms with Gasteiger partial charge in [-0.1, -0.05) is 29.1 Å². The first-order chi connectivity index (χ1) is 13.4. The first-order valence-electron chi connectivity index (χ1n) is 8.63. The summed E-state index contributed by atoms with van der Waals surface area (Å²) >= 11 is 1.24. The third-order valence-electron chi connectivity index (χ3n) is 4.46. The number of sulfone groups is 1. The minimum Gasteiger partial charge on any atom is -0.416 e. The van der Waals surface area contributed by atoms with Gasteiger partial charge < -0.3 is 8.94 Å². The molecule has 1 unspecified atom stereocenters. The Kier molecular flexibility index (Phi) is 5.19. The van der Waals surface area contributed by atoms with Crippen molar-refractivity contribution < 1.29 is 21.7 Å². The van der Waals surface area contributed by atoms with Crippen molar-refractivity contribution in [2.24, 2.45) is 5.92 Å². The van der Waals surface area contributed by atoms with Crippen LogP contribution in [-0.2, 0) is 22.0 Å². The molecule has 1 saturated heterocycles. The maximum Gasteiger partial charge on any atom is 0.277 e. The van der Waals surface area contributed by atoms with Crippen LogP contribution in [0.4, 0.5) is 4.39 Å². The molecule has 0 saturated carbocycles. The largest absolute Gasteiger partial charge is 0.416 e. The van der Waals surface area contributed by atoms with Gasteiger partial charge in [-0.05, 0) is 30.9 Å². The number of hydrogen-bond donors (Lipinski definition) is 0. The van der Waals surface area contributed by atoms with Crippen LogP contribution >= 0.6 is 11.8 Å². The number of aromatic nitrogens is 4. The number of rotatable bonds is 6. The van der Waals surface area contributed by atoms with Crippen LogP contribution < -0.4 is 0 Å². The van der Waals surface area contributed by atoms with Crippen molar-refractivity contribution in [3.63, 3.8) is 0 Å². The normalized spacial score (nSPS) is 18.6. The zero-order valence-corrected chi connectivity index (χ0v) is 16.6. The molecule has 0 spiro atoms. The van der Waals surface area contributed by atoms with E-state index in [0.29, 0.717) is 52.6 Å². The van der Waals surface area contributed by atoms with E-state index in [1.807, 2.05) is 0 Å². The fraction of sp³-hybridized carbons (Fsp3) is 0.412. The molecule has 4 rings (SSSR count). The molecule has 11 heteroatoms. The Morgan fingerprint density at radius 2 is 2.14 bits per heavy atom. The summed E-state index contributed by atoms with van der Waals surface area (Å²) in [6, 6.07) is 4.75. The number of nitrogens with zero attached hydrogens (tertiary/aromatic N) is 4. The molecule has 8 nitrogen and oxygen atoms in total. The lowest BCUT2D eigenvalue weighted by Crippen LogP contribution is -2.07. The second-order valence-electron chi connectivity index (χ2n) is 6.70. The van der Waals surface area contributed by atoms with Gasteiger partial charge in [-0.3, -0.25) is 0 Å². The average Bonchev–Trinajstić information content (AvgIpc) is 3.36. The third kappa shape index (κ3) is 4.41. The summed E-state index contributed by atoms with van der Waals surface area (Å²) in [6.45, 7) is 1.68.